The number of hydrogen-bond acceptors (Lipinski definition) is 6. The van der Waals surface area contributed by atoms with E-state index in [1.54, 1.807) is 17.0 Å². The van der Waals surface area contributed by atoms with Gasteiger partial charge in [-0.3, -0.25) is 19.7 Å². The lowest BCUT2D eigenvalue weighted by molar-refractivity contribution is -0.384. The number of nitrogens with one attached hydrogen (secondary N) is 2. The van der Waals surface area contributed by atoms with Gasteiger partial charge in [-0.1, -0.05) is 6.92 Å². The minimum atomic E-state index is -0.466. The van der Waals surface area contributed by atoms with Crippen molar-refractivity contribution in [2.24, 2.45) is 0 Å². The lowest BCUT2D eigenvalue weighted by Crippen LogP contribution is -2.48. The van der Waals surface area contributed by atoms with Crippen molar-refractivity contribution < 1.29 is 14.5 Å². The highest BCUT2D eigenvalue weighted by Gasteiger charge is 2.25. The van der Waals surface area contributed by atoms with Crippen LogP contribution in [0.5, 0.6) is 0 Å². The number of benzene rings is 1. The van der Waals surface area contributed by atoms with Crippen LogP contribution in [-0.4, -0.2) is 67.5 Å². The van der Waals surface area contributed by atoms with E-state index in [0.717, 1.165) is 13.0 Å². The van der Waals surface area contributed by atoms with Gasteiger partial charge in [0.25, 0.3) is 11.6 Å². The molecule has 0 spiro atoms. The van der Waals surface area contributed by atoms with Crippen molar-refractivity contribution in [3.63, 3.8) is 0 Å². The van der Waals surface area contributed by atoms with Gasteiger partial charge >= 0.3 is 0 Å². The van der Waals surface area contributed by atoms with E-state index < -0.39 is 4.92 Å². The number of anilines is 1. The van der Waals surface area contributed by atoms with Crippen LogP contribution in [0.4, 0.5) is 11.4 Å². The normalized spacial score (nSPS) is 14.1. The molecule has 0 saturated carbocycles. The highest BCUT2D eigenvalue weighted by molar-refractivity contribution is 5.95. The van der Waals surface area contributed by atoms with E-state index in [4.69, 9.17) is 0 Å². The molecule has 27 heavy (non-hydrogen) atoms. The Kier molecular flexibility index (Phi) is 7.54. The lowest BCUT2D eigenvalue weighted by atomic mass is 10.1. The molecule has 0 unspecified atom stereocenters. The second kappa shape index (κ2) is 9.86. The van der Waals surface area contributed by atoms with Crippen molar-refractivity contribution in [2.75, 3.05) is 50.7 Å². The molecule has 9 nitrogen and oxygen atoms in total. The zero-order valence-electron chi connectivity index (χ0n) is 15.9. The average molecular weight is 377 g/mol. The Hall–Kier alpha value is -2.68. The molecule has 0 aliphatic carbocycles. The SMILES string of the molecule is CCCNCCNC(=O)c1ccc(N2CCN(C(C)=O)CC2)c([N+](=O)[O-])c1. The maximum Gasteiger partial charge on any atom is 0.293 e. The molecule has 1 heterocycles. The predicted molar refractivity (Wildman–Crippen MR) is 103 cm³/mol. The summed E-state index contributed by atoms with van der Waals surface area (Å²) in [6.45, 7) is 7.67. The van der Waals surface area contributed by atoms with Crippen LogP contribution in [0.3, 0.4) is 0 Å². The van der Waals surface area contributed by atoms with Crippen LogP contribution in [0.2, 0.25) is 0 Å². The van der Waals surface area contributed by atoms with Gasteiger partial charge in [-0.2, -0.15) is 0 Å². The number of carbonyl (C=O) groups excluding carboxylic acids is 2. The predicted octanol–water partition coefficient (Wildman–Crippen LogP) is 0.993. The van der Waals surface area contributed by atoms with Crippen LogP contribution in [-0.2, 0) is 4.79 Å². The van der Waals surface area contributed by atoms with Gasteiger partial charge in [0.2, 0.25) is 5.91 Å². The van der Waals surface area contributed by atoms with Gasteiger partial charge in [-0.05, 0) is 25.1 Å². The summed E-state index contributed by atoms with van der Waals surface area (Å²) in [5, 5.41) is 17.5. The first kappa shape index (κ1) is 20.6. The van der Waals surface area contributed by atoms with E-state index in [2.05, 4.69) is 17.6 Å². The zero-order chi connectivity index (χ0) is 19.8. The van der Waals surface area contributed by atoms with Crippen molar-refractivity contribution >= 4 is 23.2 Å². The Morgan fingerprint density at radius 3 is 2.44 bits per heavy atom. The molecule has 0 radical (unpaired) electrons. The molecule has 148 valence electrons. The molecule has 9 heteroatoms. The summed E-state index contributed by atoms with van der Waals surface area (Å²) in [5.41, 5.74) is 0.649. The summed E-state index contributed by atoms with van der Waals surface area (Å²) in [6.07, 6.45) is 1.02. The molecule has 0 bridgehead atoms. The fourth-order valence-electron chi connectivity index (χ4n) is 3.01. The van der Waals surface area contributed by atoms with Gasteiger partial charge in [-0.15, -0.1) is 0 Å². The van der Waals surface area contributed by atoms with E-state index in [0.29, 0.717) is 45.0 Å². The van der Waals surface area contributed by atoms with Crippen molar-refractivity contribution in [1.82, 2.24) is 15.5 Å². The Balaban J connectivity index is 2.05. The van der Waals surface area contributed by atoms with Crippen LogP contribution in [0.25, 0.3) is 0 Å². The second-order valence-electron chi connectivity index (χ2n) is 6.46. The molecule has 1 aromatic rings. The van der Waals surface area contributed by atoms with Gasteiger partial charge in [0, 0.05) is 57.8 Å². The van der Waals surface area contributed by atoms with Crippen LogP contribution >= 0.6 is 0 Å². The molecule has 2 rings (SSSR count). The van der Waals surface area contributed by atoms with Crippen LogP contribution in [0.15, 0.2) is 18.2 Å². The minimum absolute atomic E-state index is 0.00425. The molecule has 2 N–H and O–H groups in total. The standard InChI is InChI=1S/C18H27N5O4/c1-3-6-19-7-8-20-18(25)15-4-5-16(17(13-15)23(26)27)22-11-9-21(10-12-22)14(2)24/h4-5,13,19H,3,6-12H2,1-2H3,(H,20,25). The molecule has 1 fully saturated rings. The monoisotopic (exact) mass is 377 g/mol. The quantitative estimate of drug-likeness (QED) is 0.397. The number of amides is 2. The summed E-state index contributed by atoms with van der Waals surface area (Å²) in [5.74, 6) is -0.325. The largest absolute Gasteiger partial charge is 0.362 e. The van der Waals surface area contributed by atoms with Crippen LogP contribution in [0.1, 0.15) is 30.6 Å². The van der Waals surface area contributed by atoms with E-state index in [9.17, 15) is 19.7 Å². The molecule has 1 saturated heterocycles. The number of piperazine rings is 1. The molecular weight excluding hydrogens is 350 g/mol. The third-order valence-corrected chi connectivity index (χ3v) is 4.51. The average Bonchev–Trinajstić information content (AvgIpc) is 2.67. The first-order valence-corrected chi connectivity index (χ1v) is 9.21. The van der Waals surface area contributed by atoms with Gasteiger partial charge in [-0.25, -0.2) is 0 Å². The number of nitro groups is 1. The second-order valence-corrected chi connectivity index (χ2v) is 6.46. The highest BCUT2D eigenvalue weighted by atomic mass is 16.6. The first-order valence-electron chi connectivity index (χ1n) is 9.21. The maximum atomic E-state index is 12.2. The van der Waals surface area contributed by atoms with Gasteiger partial charge in [0.15, 0.2) is 0 Å². The third kappa shape index (κ3) is 5.65. The number of hydrogen-bond donors (Lipinski definition) is 2. The molecular formula is C18H27N5O4. The van der Waals surface area contributed by atoms with Crippen LogP contribution in [0, 0.1) is 10.1 Å². The third-order valence-electron chi connectivity index (χ3n) is 4.51. The van der Waals surface area contributed by atoms with E-state index >= 15 is 0 Å². The molecule has 0 aromatic heterocycles. The fraction of sp³-hybridized carbons (Fsp3) is 0.556. The summed E-state index contributed by atoms with van der Waals surface area (Å²) in [6, 6.07) is 4.54. The summed E-state index contributed by atoms with van der Waals surface area (Å²) in [4.78, 5) is 38.3. The number of rotatable bonds is 8. The summed E-state index contributed by atoms with van der Waals surface area (Å²) >= 11 is 0. The number of nitro benzene ring substituents is 1. The first-order chi connectivity index (χ1) is 12.9. The van der Waals surface area contributed by atoms with E-state index in [1.807, 2.05) is 4.90 Å². The van der Waals surface area contributed by atoms with Gasteiger partial charge in [0.1, 0.15) is 5.69 Å². The molecule has 2 amide bonds. The topological polar surface area (TPSA) is 108 Å². The maximum absolute atomic E-state index is 12.2. The van der Waals surface area contributed by atoms with Crippen molar-refractivity contribution in [3.8, 4) is 0 Å². The molecule has 0 atom stereocenters. The number of nitrogens with zero attached hydrogens (tertiary/aromatic N) is 3. The van der Waals surface area contributed by atoms with Crippen LogP contribution < -0.4 is 15.5 Å². The Morgan fingerprint density at radius 2 is 1.85 bits per heavy atom. The summed E-state index contributed by atoms with van der Waals surface area (Å²) < 4.78 is 0. The molecule has 1 aliphatic heterocycles. The lowest BCUT2D eigenvalue weighted by Gasteiger charge is -2.35. The smallest absolute Gasteiger partial charge is 0.293 e. The minimum Gasteiger partial charge on any atom is -0.362 e. The van der Waals surface area contributed by atoms with Crippen molar-refractivity contribution in [2.45, 2.75) is 20.3 Å². The molecule has 1 aromatic carbocycles. The van der Waals surface area contributed by atoms with Crippen molar-refractivity contribution in [1.29, 1.82) is 0 Å². The number of carbonyl (C=O) groups is 2. The Morgan fingerprint density at radius 1 is 1.15 bits per heavy atom. The van der Waals surface area contributed by atoms with Gasteiger partial charge in [0.05, 0.1) is 4.92 Å². The zero-order valence-corrected chi connectivity index (χ0v) is 15.9. The highest BCUT2D eigenvalue weighted by Crippen LogP contribution is 2.30. The fourth-order valence-corrected chi connectivity index (χ4v) is 3.01. The summed E-state index contributed by atoms with van der Waals surface area (Å²) in [7, 11) is 0. The molecule has 1 aliphatic rings. The van der Waals surface area contributed by atoms with E-state index in [1.165, 1.54) is 13.0 Å². The van der Waals surface area contributed by atoms with Gasteiger partial charge < -0.3 is 20.4 Å². The van der Waals surface area contributed by atoms with Crippen molar-refractivity contribution in [3.05, 3.63) is 33.9 Å². The Bertz CT molecular complexity index is 686. The van der Waals surface area contributed by atoms with E-state index in [-0.39, 0.29) is 23.1 Å². The Labute approximate surface area is 158 Å².